The molecule has 1 aromatic heterocycles. The molecule has 0 aliphatic heterocycles. The van der Waals surface area contributed by atoms with Crippen LogP contribution in [0.2, 0.25) is 0 Å². The fourth-order valence-corrected chi connectivity index (χ4v) is 8.81. The molecule has 0 aliphatic rings. The third-order valence-corrected chi connectivity index (χ3v) is 11.5. The van der Waals surface area contributed by atoms with Gasteiger partial charge in [0.05, 0.1) is 11.1 Å². The largest absolute Gasteiger partial charge is 0.456 e. The standard InChI is InChI=1S/C56H37NO/c1-3-16-42(17-4-1)54-46-20-9-7-14-38(46)30-36-48(54)40-26-32-44(33-27-40)57(51-23-13-25-53-56(51)50-22-11-12-24-52(50)58-53)45-34-28-41(29-35-45)49-37-31-39-15-8-10-21-47(39)55(49)43-18-5-2-6-19-43/h1-37H. The number of hydrogen-bond donors (Lipinski definition) is 0. The van der Waals surface area contributed by atoms with Gasteiger partial charge in [-0.1, -0.05) is 182 Å². The molecule has 0 N–H and O–H groups in total. The second-order valence-corrected chi connectivity index (χ2v) is 14.8. The van der Waals surface area contributed by atoms with Crippen molar-refractivity contribution in [3.63, 3.8) is 0 Å². The molecule has 0 unspecified atom stereocenters. The maximum Gasteiger partial charge on any atom is 0.137 e. The smallest absolute Gasteiger partial charge is 0.137 e. The van der Waals surface area contributed by atoms with E-state index in [1.54, 1.807) is 0 Å². The number of para-hydroxylation sites is 1. The Morgan fingerprint density at radius 3 is 1.28 bits per heavy atom. The molecule has 11 rings (SSSR count). The molecule has 10 aromatic carbocycles. The summed E-state index contributed by atoms with van der Waals surface area (Å²) in [6.07, 6.45) is 0. The van der Waals surface area contributed by atoms with Crippen LogP contribution in [0.15, 0.2) is 229 Å². The van der Waals surface area contributed by atoms with Gasteiger partial charge in [0.1, 0.15) is 11.2 Å². The average molecular weight is 740 g/mol. The van der Waals surface area contributed by atoms with E-state index in [0.29, 0.717) is 0 Å². The Kier molecular flexibility index (Phi) is 8.19. The summed E-state index contributed by atoms with van der Waals surface area (Å²) in [6, 6.07) is 80.6. The van der Waals surface area contributed by atoms with Crippen molar-refractivity contribution in [1.82, 2.24) is 0 Å². The SMILES string of the molecule is c1ccc(-c2c(-c3ccc(N(c4ccc(-c5ccc6ccccc6c5-c5ccccc5)cc4)c4cccc5oc6ccccc6c45)cc3)ccc3ccccc23)cc1. The Morgan fingerprint density at radius 2 is 0.741 bits per heavy atom. The lowest BCUT2D eigenvalue weighted by molar-refractivity contribution is 0.669. The molecule has 0 spiro atoms. The van der Waals surface area contributed by atoms with E-state index in [2.05, 4.69) is 223 Å². The van der Waals surface area contributed by atoms with Gasteiger partial charge in [-0.05, 0) is 109 Å². The highest BCUT2D eigenvalue weighted by atomic mass is 16.3. The highest BCUT2D eigenvalue weighted by molar-refractivity contribution is 6.13. The summed E-state index contributed by atoms with van der Waals surface area (Å²) in [7, 11) is 0. The maximum absolute atomic E-state index is 6.42. The lowest BCUT2D eigenvalue weighted by Gasteiger charge is -2.27. The second kappa shape index (κ2) is 14.1. The Hall–Kier alpha value is -7.68. The van der Waals surface area contributed by atoms with E-state index in [1.165, 1.54) is 66.1 Å². The Morgan fingerprint density at radius 1 is 0.293 bits per heavy atom. The first kappa shape index (κ1) is 33.6. The van der Waals surface area contributed by atoms with Crippen molar-refractivity contribution in [3.05, 3.63) is 224 Å². The van der Waals surface area contributed by atoms with Gasteiger partial charge in [-0.2, -0.15) is 0 Å². The van der Waals surface area contributed by atoms with E-state index in [1.807, 2.05) is 6.07 Å². The molecule has 2 heteroatoms. The van der Waals surface area contributed by atoms with Gasteiger partial charge in [-0.15, -0.1) is 0 Å². The first-order chi connectivity index (χ1) is 28.8. The second-order valence-electron chi connectivity index (χ2n) is 14.8. The molecule has 0 saturated carbocycles. The van der Waals surface area contributed by atoms with E-state index in [-0.39, 0.29) is 0 Å². The first-order valence-electron chi connectivity index (χ1n) is 19.8. The predicted molar refractivity (Wildman–Crippen MR) is 245 cm³/mol. The number of rotatable bonds is 7. The maximum atomic E-state index is 6.42. The van der Waals surface area contributed by atoms with Crippen molar-refractivity contribution in [2.24, 2.45) is 0 Å². The van der Waals surface area contributed by atoms with Crippen LogP contribution in [0.3, 0.4) is 0 Å². The van der Waals surface area contributed by atoms with Gasteiger partial charge in [0.2, 0.25) is 0 Å². The highest BCUT2D eigenvalue weighted by Crippen LogP contribution is 2.45. The summed E-state index contributed by atoms with van der Waals surface area (Å²) in [5, 5.41) is 7.15. The fraction of sp³-hybridized carbons (Fsp3) is 0. The van der Waals surface area contributed by atoms with Crippen LogP contribution < -0.4 is 4.90 Å². The number of benzene rings is 10. The zero-order valence-electron chi connectivity index (χ0n) is 31.7. The lowest BCUT2D eigenvalue weighted by Crippen LogP contribution is -2.10. The summed E-state index contributed by atoms with van der Waals surface area (Å²) in [4.78, 5) is 2.37. The van der Waals surface area contributed by atoms with E-state index in [9.17, 15) is 0 Å². The molecule has 0 aliphatic carbocycles. The van der Waals surface area contributed by atoms with Crippen molar-refractivity contribution in [1.29, 1.82) is 0 Å². The van der Waals surface area contributed by atoms with Gasteiger partial charge in [-0.25, -0.2) is 0 Å². The van der Waals surface area contributed by atoms with Crippen LogP contribution in [-0.4, -0.2) is 0 Å². The number of fused-ring (bicyclic) bond motifs is 5. The summed E-state index contributed by atoms with van der Waals surface area (Å²) >= 11 is 0. The average Bonchev–Trinajstić information content (AvgIpc) is 3.69. The molecule has 0 saturated heterocycles. The molecular formula is C56H37NO. The van der Waals surface area contributed by atoms with Crippen molar-refractivity contribution in [3.8, 4) is 44.5 Å². The molecule has 2 nitrogen and oxygen atoms in total. The molecular weight excluding hydrogens is 703 g/mol. The van der Waals surface area contributed by atoms with Gasteiger partial charge in [0.25, 0.3) is 0 Å². The Balaban J connectivity index is 1.07. The number of anilines is 3. The van der Waals surface area contributed by atoms with Crippen LogP contribution in [0, 0.1) is 0 Å². The van der Waals surface area contributed by atoms with Gasteiger partial charge in [-0.3, -0.25) is 0 Å². The van der Waals surface area contributed by atoms with E-state index in [4.69, 9.17) is 4.42 Å². The highest BCUT2D eigenvalue weighted by Gasteiger charge is 2.21. The number of hydrogen-bond acceptors (Lipinski definition) is 2. The number of nitrogens with zero attached hydrogens (tertiary/aromatic N) is 1. The van der Waals surface area contributed by atoms with Crippen LogP contribution in [0.25, 0.3) is 88.0 Å². The molecule has 0 bridgehead atoms. The van der Waals surface area contributed by atoms with Crippen LogP contribution >= 0.6 is 0 Å². The molecule has 0 fully saturated rings. The molecule has 58 heavy (non-hydrogen) atoms. The van der Waals surface area contributed by atoms with Crippen molar-refractivity contribution in [2.45, 2.75) is 0 Å². The van der Waals surface area contributed by atoms with E-state index >= 15 is 0 Å². The summed E-state index contributed by atoms with van der Waals surface area (Å²) in [6.45, 7) is 0. The fourth-order valence-electron chi connectivity index (χ4n) is 8.81. The Labute approximate surface area is 337 Å². The van der Waals surface area contributed by atoms with Gasteiger partial charge < -0.3 is 9.32 Å². The van der Waals surface area contributed by atoms with Crippen LogP contribution in [0.5, 0.6) is 0 Å². The monoisotopic (exact) mass is 739 g/mol. The predicted octanol–water partition coefficient (Wildman–Crippen LogP) is 16.0. The summed E-state index contributed by atoms with van der Waals surface area (Å²) in [5.41, 5.74) is 14.6. The molecule has 272 valence electrons. The zero-order chi connectivity index (χ0) is 38.4. The minimum absolute atomic E-state index is 0.865. The molecule has 0 amide bonds. The van der Waals surface area contributed by atoms with Gasteiger partial charge >= 0.3 is 0 Å². The molecule has 0 atom stereocenters. The number of furan rings is 1. The van der Waals surface area contributed by atoms with Gasteiger partial charge in [0, 0.05) is 16.8 Å². The summed E-state index contributed by atoms with van der Waals surface area (Å²) in [5.74, 6) is 0. The first-order valence-corrected chi connectivity index (χ1v) is 19.8. The zero-order valence-corrected chi connectivity index (χ0v) is 31.7. The topological polar surface area (TPSA) is 16.4 Å². The van der Waals surface area contributed by atoms with Gasteiger partial charge in [0.15, 0.2) is 0 Å². The molecule has 1 heterocycles. The normalized spacial score (nSPS) is 11.4. The van der Waals surface area contributed by atoms with E-state index < -0.39 is 0 Å². The minimum atomic E-state index is 0.865. The minimum Gasteiger partial charge on any atom is -0.456 e. The van der Waals surface area contributed by atoms with Crippen molar-refractivity contribution in [2.75, 3.05) is 4.90 Å². The third kappa shape index (κ3) is 5.74. The van der Waals surface area contributed by atoms with Crippen molar-refractivity contribution < 1.29 is 4.42 Å². The van der Waals surface area contributed by atoms with Crippen LogP contribution in [0.1, 0.15) is 0 Å². The lowest BCUT2D eigenvalue weighted by atomic mass is 9.89. The third-order valence-electron chi connectivity index (χ3n) is 11.5. The molecule has 11 aromatic rings. The van der Waals surface area contributed by atoms with Crippen LogP contribution in [0.4, 0.5) is 17.1 Å². The quantitative estimate of drug-likeness (QED) is 0.162. The van der Waals surface area contributed by atoms with Crippen molar-refractivity contribution >= 4 is 60.5 Å². The molecule has 0 radical (unpaired) electrons. The summed E-state index contributed by atoms with van der Waals surface area (Å²) < 4.78 is 6.42. The van der Waals surface area contributed by atoms with Crippen LogP contribution in [-0.2, 0) is 0 Å². The Bertz CT molecular complexity index is 3090. The van der Waals surface area contributed by atoms with E-state index in [0.717, 1.165) is 39.0 Å².